The second-order valence-electron chi connectivity index (χ2n) is 6.58. The molecule has 0 unspecified atom stereocenters. The largest absolute Gasteiger partial charge is 0.349 e. The Morgan fingerprint density at radius 1 is 0.889 bits per heavy atom. The maximum Gasteiger partial charge on any atom is 0.282 e. The number of nitrogens with one attached hydrogen (secondary N) is 2. The number of nitro groups is 1. The molecule has 1 aliphatic carbocycles. The minimum atomic E-state index is -0.625. The Hall–Kier alpha value is -3.22. The number of nitro benzene ring substituents is 1. The molecule has 3 rings (SSSR count). The van der Waals surface area contributed by atoms with Gasteiger partial charge in [-0.1, -0.05) is 43.5 Å². The lowest BCUT2D eigenvalue weighted by Gasteiger charge is -2.23. The van der Waals surface area contributed by atoms with Crippen molar-refractivity contribution in [3.63, 3.8) is 0 Å². The number of nitrogens with zero attached hydrogens (tertiary/aromatic N) is 1. The summed E-state index contributed by atoms with van der Waals surface area (Å²) in [4.78, 5) is 35.7. The van der Waals surface area contributed by atoms with Crippen molar-refractivity contribution in [1.82, 2.24) is 5.32 Å². The maximum atomic E-state index is 12.7. The second-order valence-corrected chi connectivity index (χ2v) is 6.58. The molecule has 7 nitrogen and oxygen atoms in total. The summed E-state index contributed by atoms with van der Waals surface area (Å²) in [5, 5.41) is 16.8. The molecule has 2 aromatic rings. The number of amides is 2. The summed E-state index contributed by atoms with van der Waals surface area (Å²) < 4.78 is 0. The van der Waals surface area contributed by atoms with Gasteiger partial charge in [-0.25, -0.2) is 0 Å². The minimum Gasteiger partial charge on any atom is -0.349 e. The Morgan fingerprint density at radius 2 is 1.52 bits per heavy atom. The molecule has 1 aliphatic rings. The quantitative estimate of drug-likeness (QED) is 0.618. The van der Waals surface area contributed by atoms with Crippen molar-refractivity contribution in [1.29, 1.82) is 0 Å². The highest BCUT2D eigenvalue weighted by molar-refractivity contribution is 6.10. The zero-order chi connectivity index (χ0) is 19.2. The summed E-state index contributed by atoms with van der Waals surface area (Å²) in [6, 6.07) is 12.5. The highest BCUT2D eigenvalue weighted by Gasteiger charge is 2.22. The first kappa shape index (κ1) is 18.6. The average Bonchev–Trinajstić information content (AvgIpc) is 2.69. The van der Waals surface area contributed by atoms with Gasteiger partial charge >= 0.3 is 0 Å². The number of hydrogen-bond acceptors (Lipinski definition) is 4. The molecule has 0 heterocycles. The van der Waals surface area contributed by atoms with Crippen LogP contribution in [0.2, 0.25) is 0 Å². The summed E-state index contributed by atoms with van der Waals surface area (Å²) >= 11 is 0. The molecule has 27 heavy (non-hydrogen) atoms. The van der Waals surface area contributed by atoms with Crippen molar-refractivity contribution in [3.8, 4) is 0 Å². The molecule has 0 spiro atoms. The molecule has 0 saturated heterocycles. The molecule has 0 atom stereocenters. The molecule has 0 bridgehead atoms. The van der Waals surface area contributed by atoms with E-state index in [0.29, 0.717) is 11.3 Å². The van der Waals surface area contributed by atoms with Crippen LogP contribution in [0.3, 0.4) is 0 Å². The van der Waals surface area contributed by atoms with E-state index < -0.39 is 10.8 Å². The van der Waals surface area contributed by atoms with E-state index in [4.69, 9.17) is 0 Å². The van der Waals surface area contributed by atoms with Gasteiger partial charge in [0.25, 0.3) is 17.5 Å². The number of para-hydroxylation sites is 2. The van der Waals surface area contributed by atoms with Gasteiger partial charge in [0.05, 0.1) is 16.2 Å². The van der Waals surface area contributed by atoms with Crippen LogP contribution in [0.5, 0.6) is 0 Å². The van der Waals surface area contributed by atoms with E-state index in [1.807, 2.05) is 0 Å². The smallest absolute Gasteiger partial charge is 0.282 e. The van der Waals surface area contributed by atoms with Gasteiger partial charge in [0.1, 0.15) is 5.56 Å². The van der Waals surface area contributed by atoms with E-state index in [9.17, 15) is 19.7 Å². The molecular weight excluding hydrogens is 346 g/mol. The van der Waals surface area contributed by atoms with Gasteiger partial charge in [0, 0.05) is 12.1 Å². The zero-order valence-electron chi connectivity index (χ0n) is 14.8. The Morgan fingerprint density at radius 3 is 2.22 bits per heavy atom. The fourth-order valence-corrected chi connectivity index (χ4v) is 3.31. The van der Waals surface area contributed by atoms with Crippen LogP contribution in [0, 0.1) is 10.1 Å². The third-order valence-electron chi connectivity index (χ3n) is 4.71. The molecule has 7 heteroatoms. The topological polar surface area (TPSA) is 101 Å². The number of hydrogen-bond donors (Lipinski definition) is 2. The third kappa shape index (κ3) is 4.49. The lowest BCUT2D eigenvalue weighted by Crippen LogP contribution is -2.36. The first-order valence-corrected chi connectivity index (χ1v) is 9.01. The van der Waals surface area contributed by atoms with Gasteiger partial charge < -0.3 is 10.6 Å². The number of carbonyl (C=O) groups excluding carboxylic acids is 2. The predicted octanol–water partition coefficient (Wildman–Crippen LogP) is 3.91. The van der Waals surface area contributed by atoms with Crippen LogP contribution < -0.4 is 10.6 Å². The lowest BCUT2D eigenvalue weighted by atomic mass is 9.95. The monoisotopic (exact) mass is 367 g/mol. The Labute approximate surface area is 156 Å². The van der Waals surface area contributed by atoms with E-state index in [0.717, 1.165) is 25.7 Å². The maximum absolute atomic E-state index is 12.7. The molecule has 2 aromatic carbocycles. The van der Waals surface area contributed by atoms with Crippen molar-refractivity contribution in [2.75, 3.05) is 5.32 Å². The number of benzene rings is 2. The van der Waals surface area contributed by atoms with E-state index in [1.54, 1.807) is 30.3 Å². The van der Waals surface area contributed by atoms with Crippen molar-refractivity contribution in [3.05, 3.63) is 69.8 Å². The van der Waals surface area contributed by atoms with Gasteiger partial charge in [-0.2, -0.15) is 0 Å². The van der Waals surface area contributed by atoms with Gasteiger partial charge in [-0.05, 0) is 31.0 Å². The summed E-state index contributed by atoms with van der Waals surface area (Å²) in [5.74, 6) is -0.874. The summed E-state index contributed by atoms with van der Waals surface area (Å²) in [6.07, 6.45) is 5.30. The second kappa shape index (κ2) is 8.44. The molecule has 0 aromatic heterocycles. The van der Waals surface area contributed by atoms with Crippen LogP contribution in [0.15, 0.2) is 48.5 Å². The van der Waals surface area contributed by atoms with Crippen LogP contribution in [-0.2, 0) is 0 Å². The van der Waals surface area contributed by atoms with Crippen molar-refractivity contribution in [2.24, 2.45) is 0 Å². The molecule has 1 saturated carbocycles. The molecule has 0 radical (unpaired) electrons. The normalized spacial score (nSPS) is 14.4. The molecule has 1 fully saturated rings. The van der Waals surface area contributed by atoms with Gasteiger partial charge in [-0.3, -0.25) is 19.7 Å². The Bertz CT molecular complexity index is 860. The molecule has 2 N–H and O–H groups in total. The van der Waals surface area contributed by atoms with Gasteiger partial charge in [0.15, 0.2) is 0 Å². The average molecular weight is 367 g/mol. The fourth-order valence-electron chi connectivity index (χ4n) is 3.31. The van der Waals surface area contributed by atoms with Crippen molar-refractivity contribution in [2.45, 2.75) is 38.1 Å². The minimum absolute atomic E-state index is 0.0509. The first-order chi connectivity index (χ1) is 13.1. The molecule has 2 amide bonds. The third-order valence-corrected chi connectivity index (χ3v) is 4.71. The SMILES string of the molecule is O=C(NC1CCCCC1)c1ccccc1NC(=O)c1ccccc1[N+](=O)[O-]. The molecular formula is C20H21N3O4. The Kier molecular flexibility index (Phi) is 5.80. The Balaban J connectivity index is 1.79. The highest BCUT2D eigenvalue weighted by Crippen LogP contribution is 2.22. The summed E-state index contributed by atoms with van der Waals surface area (Å²) in [7, 11) is 0. The standard InChI is InChI=1S/C20H21N3O4/c24-19(21-14-8-2-1-3-9-14)15-10-4-6-12-17(15)22-20(25)16-11-5-7-13-18(16)23(26)27/h4-7,10-14H,1-3,8-9H2,(H,21,24)(H,22,25). The first-order valence-electron chi connectivity index (χ1n) is 9.01. The van der Waals surface area contributed by atoms with E-state index in [1.165, 1.54) is 24.6 Å². The van der Waals surface area contributed by atoms with E-state index in [2.05, 4.69) is 10.6 Å². The number of rotatable bonds is 5. The summed E-state index contributed by atoms with van der Waals surface area (Å²) in [6.45, 7) is 0. The molecule has 140 valence electrons. The van der Waals surface area contributed by atoms with Gasteiger partial charge in [-0.15, -0.1) is 0 Å². The van der Waals surface area contributed by atoms with Gasteiger partial charge in [0.2, 0.25) is 0 Å². The summed E-state index contributed by atoms with van der Waals surface area (Å²) in [5.41, 5.74) is 0.341. The highest BCUT2D eigenvalue weighted by atomic mass is 16.6. The molecule has 0 aliphatic heterocycles. The van der Waals surface area contributed by atoms with Crippen LogP contribution in [-0.4, -0.2) is 22.8 Å². The van der Waals surface area contributed by atoms with Crippen LogP contribution in [0.4, 0.5) is 11.4 Å². The van der Waals surface area contributed by atoms with Crippen LogP contribution >= 0.6 is 0 Å². The van der Waals surface area contributed by atoms with E-state index in [-0.39, 0.29) is 23.2 Å². The lowest BCUT2D eigenvalue weighted by molar-refractivity contribution is -0.385. The zero-order valence-corrected chi connectivity index (χ0v) is 14.8. The van der Waals surface area contributed by atoms with Crippen LogP contribution in [0.25, 0.3) is 0 Å². The van der Waals surface area contributed by atoms with Crippen molar-refractivity contribution < 1.29 is 14.5 Å². The van der Waals surface area contributed by atoms with Crippen molar-refractivity contribution >= 4 is 23.2 Å². The van der Waals surface area contributed by atoms with E-state index >= 15 is 0 Å². The number of anilines is 1. The number of carbonyl (C=O) groups is 2. The predicted molar refractivity (Wildman–Crippen MR) is 102 cm³/mol. The fraction of sp³-hybridized carbons (Fsp3) is 0.300. The van der Waals surface area contributed by atoms with Crippen LogP contribution in [0.1, 0.15) is 52.8 Å².